The first-order valence-electron chi connectivity index (χ1n) is 10.5. The van der Waals surface area contributed by atoms with Gasteiger partial charge >= 0.3 is 0 Å². The zero-order valence-electron chi connectivity index (χ0n) is 17.3. The highest BCUT2D eigenvalue weighted by Crippen LogP contribution is 2.42. The van der Waals surface area contributed by atoms with Gasteiger partial charge in [-0.3, -0.25) is 9.48 Å². The molecule has 0 aromatic carbocycles. The number of carbonyl (C=O) groups excluding carboxylic acids is 1. The molecule has 2 aromatic rings. The average Bonchev–Trinajstić information content (AvgIpc) is 3.39. The zero-order chi connectivity index (χ0) is 20.7. The molecule has 5 rings (SSSR count). The topological polar surface area (TPSA) is 90.1 Å². The van der Waals surface area contributed by atoms with Crippen molar-refractivity contribution in [1.82, 2.24) is 29.4 Å². The fraction of sp³-hybridized carbons (Fsp3) is 0.524. The maximum absolute atomic E-state index is 12.2. The van der Waals surface area contributed by atoms with Crippen LogP contribution in [0.4, 0.5) is 5.82 Å². The van der Waals surface area contributed by atoms with Crippen LogP contribution in [-0.2, 0) is 29.2 Å². The maximum Gasteiger partial charge on any atom is 0.245 e. The van der Waals surface area contributed by atoms with Crippen LogP contribution in [0.2, 0.25) is 0 Å². The predicted octanol–water partition coefficient (Wildman–Crippen LogP) is 1.90. The molecule has 5 heterocycles. The quantitative estimate of drug-likeness (QED) is 0.776. The van der Waals surface area contributed by atoms with Crippen LogP contribution in [0.25, 0.3) is 5.70 Å². The molecule has 1 fully saturated rings. The third-order valence-electron chi connectivity index (χ3n) is 6.48. The number of fused-ring (bicyclic) bond motifs is 2. The van der Waals surface area contributed by atoms with Crippen molar-refractivity contribution in [2.45, 2.75) is 39.5 Å². The lowest BCUT2D eigenvalue weighted by molar-refractivity contribution is -0.128. The van der Waals surface area contributed by atoms with Crippen LogP contribution in [0.15, 0.2) is 31.1 Å². The number of piperidine rings is 1. The molecule has 30 heavy (non-hydrogen) atoms. The Hall–Kier alpha value is -2.94. The van der Waals surface area contributed by atoms with E-state index < -0.39 is 0 Å². The Morgan fingerprint density at radius 1 is 1.40 bits per heavy atom. The summed E-state index contributed by atoms with van der Waals surface area (Å²) in [6.45, 7) is 10.2. The van der Waals surface area contributed by atoms with Gasteiger partial charge in [0.2, 0.25) is 5.91 Å². The first-order chi connectivity index (χ1) is 14.6. The van der Waals surface area contributed by atoms with Crippen molar-refractivity contribution in [3.8, 4) is 0 Å². The van der Waals surface area contributed by atoms with Crippen molar-refractivity contribution in [3.05, 3.63) is 42.6 Å². The highest BCUT2D eigenvalue weighted by Gasteiger charge is 2.40. The van der Waals surface area contributed by atoms with Crippen molar-refractivity contribution in [3.63, 3.8) is 0 Å². The second-order valence-corrected chi connectivity index (χ2v) is 8.55. The van der Waals surface area contributed by atoms with Crippen molar-refractivity contribution < 1.29 is 9.53 Å². The minimum absolute atomic E-state index is 0.00805. The van der Waals surface area contributed by atoms with Crippen LogP contribution in [0.3, 0.4) is 0 Å². The van der Waals surface area contributed by atoms with Gasteiger partial charge in [0, 0.05) is 24.6 Å². The molecular weight excluding hydrogens is 382 g/mol. The van der Waals surface area contributed by atoms with E-state index in [2.05, 4.69) is 40.1 Å². The number of hydrogen-bond acceptors (Lipinski definition) is 6. The van der Waals surface area contributed by atoms with E-state index in [-0.39, 0.29) is 11.3 Å². The summed E-state index contributed by atoms with van der Waals surface area (Å²) in [5.41, 5.74) is 1.81. The summed E-state index contributed by atoms with van der Waals surface area (Å²) in [4.78, 5) is 18.6. The van der Waals surface area contributed by atoms with E-state index in [0.717, 1.165) is 62.1 Å². The highest BCUT2D eigenvalue weighted by molar-refractivity contribution is 5.87. The second-order valence-electron chi connectivity index (χ2n) is 8.55. The molecule has 3 aliphatic rings. The zero-order valence-corrected chi connectivity index (χ0v) is 17.3. The lowest BCUT2D eigenvalue weighted by atomic mass is 9.71. The summed E-state index contributed by atoms with van der Waals surface area (Å²) in [6.07, 6.45) is 7.33. The van der Waals surface area contributed by atoms with E-state index in [4.69, 9.17) is 4.74 Å². The van der Waals surface area contributed by atoms with Gasteiger partial charge in [0.25, 0.3) is 0 Å². The largest absolute Gasteiger partial charge is 0.373 e. The van der Waals surface area contributed by atoms with Gasteiger partial charge < -0.3 is 15.0 Å². The minimum atomic E-state index is -0.161. The van der Waals surface area contributed by atoms with E-state index >= 15 is 0 Å². The van der Waals surface area contributed by atoms with E-state index in [1.165, 1.54) is 6.08 Å². The number of allylic oxidation sites excluding steroid dienone is 1. The van der Waals surface area contributed by atoms with Crippen molar-refractivity contribution >= 4 is 17.4 Å². The Morgan fingerprint density at radius 2 is 2.30 bits per heavy atom. The Balaban J connectivity index is 1.44. The number of hydrogen-bond donors (Lipinski definition) is 1. The van der Waals surface area contributed by atoms with E-state index in [9.17, 15) is 4.79 Å². The molecule has 3 aliphatic heterocycles. The number of ether oxygens (including phenoxy) is 1. The number of likely N-dealkylation sites (tertiary alicyclic amines) is 1. The Morgan fingerprint density at radius 3 is 3.13 bits per heavy atom. The van der Waals surface area contributed by atoms with Gasteiger partial charge in [0.15, 0.2) is 11.6 Å². The number of anilines is 1. The molecule has 0 radical (unpaired) electrons. The normalized spacial score (nSPS) is 25.8. The number of aromatic nitrogens is 5. The van der Waals surface area contributed by atoms with Gasteiger partial charge in [0.1, 0.15) is 6.33 Å². The highest BCUT2D eigenvalue weighted by atomic mass is 16.5. The number of nitrogens with zero attached hydrogens (tertiary/aromatic N) is 6. The van der Waals surface area contributed by atoms with Crippen LogP contribution in [0, 0.1) is 11.3 Å². The van der Waals surface area contributed by atoms with Gasteiger partial charge in [-0.05, 0) is 30.9 Å². The third kappa shape index (κ3) is 3.32. The molecule has 0 bridgehead atoms. The lowest BCUT2D eigenvalue weighted by Gasteiger charge is -2.43. The second kappa shape index (κ2) is 7.39. The fourth-order valence-corrected chi connectivity index (χ4v) is 4.83. The Labute approximate surface area is 175 Å². The maximum atomic E-state index is 12.2. The lowest BCUT2D eigenvalue weighted by Crippen LogP contribution is -2.46. The SMILES string of the molecule is C=CC(=O)N1CCC[C@H](C2(C)C=C(Nc3cc4n(n3)CCOC4)c3ncnn3C2)C1. The molecule has 0 spiro atoms. The molecule has 1 unspecified atom stereocenters. The van der Waals surface area contributed by atoms with E-state index in [1.807, 2.05) is 20.3 Å². The monoisotopic (exact) mass is 409 g/mol. The Kier molecular flexibility index (Phi) is 4.69. The van der Waals surface area contributed by atoms with Crippen LogP contribution in [0.1, 0.15) is 31.3 Å². The number of amides is 1. The van der Waals surface area contributed by atoms with Crippen LogP contribution < -0.4 is 5.32 Å². The van der Waals surface area contributed by atoms with Crippen molar-refractivity contribution in [1.29, 1.82) is 0 Å². The number of rotatable bonds is 4. The average molecular weight is 409 g/mol. The molecular formula is C21H27N7O2. The van der Waals surface area contributed by atoms with Crippen molar-refractivity contribution in [2.75, 3.05) is 25.0 Å². The summed E-state index contributed by atoms with van der Waals surface area (Å²) < 4.78 is 9.46. The van der Waals surface area contributed by atoms with Gasteiger partial charge in [-0.25, -0.2) is 9.67 Å². The van der Waals surface area contributed by atoms with Gasteiger partial charge in [-0.1, -0.05) is 13.5 Å². The Bertz CT molecular complexity index is 983. The van der Waals surface area contributed by atoms with Gasteiger partial charge in [0.05, 0.1) is 37.7 Å². The van der Waals surface area contributed by atoms with E-state index in [1.54, 1.807) is 6.33 Å². The minimum Gasteiger partial charge on any atom is -0.373 e. The molecule has 2 aromatic heterocycles. The molecule has 9 heteroatoms. The van der Waals surface area contributed by atoms with Gasteiger partial charge in [-0.2, -0.15) is 10.2 Å². The smallest absolute Gasteiger partial charge is 0.245 e. The van der Waals surface area contributed by atoms with Crippen molar-refractivity contribution in [2.24, 2.45) is 11.3 Å². The summed E-state index contributed by atoms with van der Waals surface area (Å²) in [7, 11) is 0. The van der Waals surface area contributed by atoms with Crippen LogP contribution in [-0.4, -0.2) is 55.0 Å². The standard InChI is InChI=1S/C21H27N7O2/c1-3-19(29)26-6-4-5-15(11-26)21(2)10-17(20-22-14-23-28(20)13-21)24-18-9-16-12-30-8-7-27(16)25-18/h3,9-10,14-15H,1,4-8,11-13H2,2H3,(H,24,25)/t15-,21?/m0/s1. The number of nitrogens with one attached hydrogen (secondary N) is 1. The molecule has 1 N–H and O–H groups in total. The van der Waals surface area contributed by atoms with Crippen LogP contribution in [0.5, 0.6) is 0 Å². The number of carbonyl (C=O) groups is 1. The summed E-state index contributed by atoms with van der Waals surface area (Å²) in [6, 6.07) is 2.03. The summed E-state index contributed by atoms with van der Waals surface area (Å²) in [5, 5.41) is 12.6. The predicted molar refractivity (Wildman–Crippen MR) is 111 cm³/mol. The molecule has 2 atom stereocenters. The molecule has 158 valence electrons. The third-order valence-corrected chi connectivity index (χ3v) is 6.48. The molecule has 1 saturated heterocycles. The van der Waals surface area contributed by atoms with E-state index in [0.29, 0.717) is 19.1 Å². The first-order valence-corrected chi connectivity index (χ1v) is 10.5. The molecule has 9 nitrogen and oxygen atoms in total. The molecule has 1 amide bonds. The van der Waals surface area contributed by atoms with Gasteiger partial charge in [-0.15, -0.1) is 0 Å². The summed E-state index contributed by atoms with van der Waals surface area (Å²) in [5.74, 6) is 1.93. The molecule has 0 aliphatic carbocycles. The fourth-order valence-electron chi connectivity index (χ4n) is 4.83. The van der Waals surface area contributed by atoms with Crippen LogP contribution >= 0.6 is 0 Å². The molecule has 0 saturated carbocycles. The first kappa shape index (κ1) is 19.0. The summed E-state index contributed by atoms with van der Waals surface area (Å²) >= 11 is 0.